The van der Waals surface area contributed by atoms with Crippen molar-refractivity contribution in [1.82, 2.24) is 10.2 Å². The molecule has 2 heteroatoms. The molecule has 13 heavy (non-hydrogen) atoms. The molecule has 0 unspecified atom stereocenters. The smallest absolute Gasteiger partial charge is 0.0282 e. The summed E-state index contributed by atoms with van der Waals surface area (Å²) >= 11 is 0. The van der Waals surface area contributed by atoms with Crippen LogP contribution in [0.4, 0.5) is 0 Å². The molecule has 0 aromatic rings. The Morgan fingerprint density at radius 2 is 2.08 bits per heavy atom. The first-order valence-corrected chi connectivity index (χ1v) is 5.36. The quantitative estimate of drug-likeness (QED) is 0.718. The number of hydrogen-bond acceptors (Lipinski definition) is 2. The molecule has 0 spiro atoms. The van der Waals surface area contributed by atoms with Gasteiger partial charge < -0.3 is 10.2 Å². The number of rotatable bonds is 3. The monoisotopic (exact) mass is 182 g/mol. The first kappa shape index (κ1) is 10.6. The van der Waals surface area contributed by atoms with E-state index >= 15 is 0 Å². The van der Waals surface area contributed by atoms with Gasteiger partial charge in [0.25, 0.3) is 0 Å². The average molecular weight is 182 g/mol. The van der Waals surface area contributed by atoms with E-state index in [1.54, 1.807) is 0 Å². The van der Waals surface area contributed by atoms with Crippen molar-refractivity contribution in [1.29, 1.82) is 0 Å². The molecular weight excluding hydrogens is 160 g/mol. The lowest BCUT2D eigenvalue weighted by Crippen LogP contribution is -2.40. The minimum absolute atomic E-state index is 0.711. The first-order valence-electron chi connectivity index (χ1n) is 5.36. The van der Waals surface area contributed by atoms with Crippen LogP contribution in [0.15, 0.2) is 11.8 Å². The number of piperidine rings is 1. The minimum atomic E-state index is 0.711. The summed E-state index contributed by atoms with van der Waals surface area (Å²) in [6, 6.07) is 0.711. The van der Waals surface area contributed by atoms with Gasteiger partial charge in [0.05, 0.1) is 0 Å². The van der Waals surface area contributed by atoms with Gasteiger partial charge >= 0.3 is 0 Å². The summed E-state index contributed by atoms with van der Waals surface area (Å²) in [5, 5.41) is 3.61. The van der Waals surface area contributed by atoms with Gasteiger partial charge in [-0.3, -0.25) is 0 Å². The molecule has 1 aliphatic heterocycles. The van der Waals surface area contributed by atoms with Crippen LogP contribution >= 0.6 is 0 Å². The Bertz CT molecular complexity index is 167. The SMILES string of the molecule is C/C=C(\CC)NC1CCN(C)CC1. The van der Waals surface area contributed by atoms with Gasteiger partial charge in [-0.05, 0) is 46.3 Å². The van der Waals surface area contributed by atoms with Crippen LogP contribution < -0.4 is 5.32 Å². The molecule has 1 aliphatic rings. The zero-order valence-corrected chi connectivity index (χ0v) is 9.14. The highest BCUT2D eigenvalue weighted by atomic mass is 15.1. The van der Waals surface area contributed by atoms with Crippen molar-refractivity contribution in [3.63, 3.8) is 0 Å². The van der Waals surface area contributed by atoms with E-state index in [1.807, 2.05) is 0 Å². The maximum atomic E-state index is 3.61. The standard InChI is InChI=1S/C11H22N2/c1-4-10(5-2)12-11-6-8-13(3)9-7-11/h4,11-12H,5-9H2,1-3H3/b10-4+. The number of nitrogens with one attached hydrogen (secondary N) is 1. The van der Waals surface area contributed by atoms with Crippen molar-refractivity contribution < 1.29 is 0 Å². The van der Waals surface area contributed by atoms with E-state index in [0.29, 0.717) is 6.04 Å². The summed E-state index contributed by atoms with van der Waals surface area (Å²) in [6.45, 7) is 6.79. The van der Waals surface area contributed by atoms with E-state index in [0.717, 1.165) is 6.42 Å². The van der Waals surface area contributed by atoms with Crippen molar-refractivity contribution in [2.75, 3.05) is 20.1 Å². The van der Waals surface area contributed by atoms with Crippen molar-refractivity contribution >= 4 is 0 Å². The second-order valence-corrected chi connectivity index (χ2v) is 3.89. The second-order valence-electron chi connectivity index (χ2n) is 3.89. The van der Waals surface area contributed by atoms with E-state index in [1.165, 1.54) is 31.6 Å². The fraction of sp³-hybridized carbons (Fsp3) is 0.818. The molecule has 0 bridgehead atoms. The Hall–Kier alpha value is -0.500. The summed E-state index contributed by atoms with van der Waals surface area (Å²) < 4.78 is 0. The zero-order valence-electron chi connectivity index (χ0n) is 9.14. The van der Waals surface area contributed by atoms with E-state index in [-0.39, 0.29) is 0 Å². The molecule has 0 saturated carbocycles. The number of likely N-dealkylation sites (tertiary alicyclic amines) is 1. The van der Waals surface area contributed by atoms with Gasteiger partial charge in [-0.1, -0.05) is 13.0 Å². The Labute approximate surface area is 82.0 Å². The van der Waals surface area contributed by atoms with Crippen LogP contribution in [0, 0.1) is 0 Å². The maximum Gasteiger partial charge on any atom is 0.0282 e. The highest BCUT2D eigenvalue weighted by molar-refractivity contribution is 4.99. The highest BCUT2D eigenvalue weighted by Crippen LogP contribution is 2.10. The molecule has 2 nitrogen and oxygen atoms in total. The van der Waals surface area contributed by atoms with Gasteiger partial charge in [0, 0.05) is 11.7 Å². The second kappa shape index (κ2) is 5.28. The van der Waals surface area contributed by atoms with Crippen molar-refractivity contribution in [3.8, 4) is 0 Å². The van der Waals surface area contributed by atoms with Crippen LogP contribution in [0.1, 0.15) is 33.1 Å². The molecule has 1 fully saturated rings. The van der Waals surface area contributed by atoms with E-state index < -0.39 is 0 Å². The molecular formula is C11H22N2. The summed E-state index contributed by atoms with van der Waals surface area (Å²) in [5.74, 6) is 0. The summed E-state index contributed by atoms with van der Waals surface area (Å²) in [4.78, 5) is 2.40. The summed E-state index contributed by atoms with van der Waals surface area (Å²) in [6.07, 6.45) is 5.89. The fourth-order valence-electron chi connectivity index (χ4n) is 1.80. The third-order valence-corrected chi connectivity index (χ3v) is 2.84. The number of allylic oxidation sites excluding steroid dienone is 2. The van der Waals surface area contributed by atoms with Crippen LogP contribution in [0.5, 0.6) is 0 Å². The van der Waals surface area contributed by atoms with E-state index in [9.17, 15) is 0 Å². The molecule has 0 aromatic heterocycles. The van der Waals surface area contributed by atoms with E-state index in [4.69, 9.17) is 0 Å². The Balaban J connectivity index is 2.29. The molecule has 1 rings (SSSR count). The number of nitrogens with zero attached hydrogens (tertiary/aromatic N) is 1. The molecule has 1 heterocycles. The van der Waals surface area contributed by atoms with Crippen molar-refractivity contribution in [2.45, 2.75) is 39.2 Å². The van der Waals surface area contributed by atoms with Crippen molar-refractivity contribution in [2.24, 2.45) is 0 Å². The largest absolute Gasteiger partial charge is 0.386 e. The van der Waals surface area contributed by atoms with Crippen LogP contribution in [0.3, 0.4) is 0 Å². The fourth-order valence-corrected chi connectivity index (χ4v) is 1.80. The van der Waals surface area contributed by atoms with Crippen LogP contribution in [-0.4, -0.2) is 31.1 Å². The predicted octanol–water partition coefficient (Wildman–Crippen LogP) is 1.98. The average Bonchev–Trinajstić information content (AvgIpc) is 2.17. The first-order chi connectivity index (χ1) is 6.26. The molecule has 0 aliphatic carbocycles. The Kier molecular flexibility index (Phi) is 4.29. The lowest BCUT2D eigenvalue weighted by Gasteiger charge is -2.30. The van der Waals surface area contributed by atoms with Gasteiger partial charge in [-0.2, -0.15) is 0 Å². The van der Waals surface area contributed by atoms with Gasteiger partial charge in [-0.15, -0.1) is 0 Å². The lowest BCUT2D eigenvalue weighted by molar-refractivity contribution is 0.241. The molecule has 1 saturated heterocycles. The molecule has 0 aromatic carbocycles. The Morgan fingerprint density at radius 3 is 2.54 bits per heavy atom. The van der Waals surface area contributed by atoms with Gasteiger partial charge in [0.1, 0.15) is 0 Å². The Morgan fingerprint density at radius 1 is 1.46 bits per heavy atom. The minimum Gasteiger partial charge on any atom is -0.386 e. The van der Waals surface area contributed by atoms with Crippen LogP contribution in [0.25, 0.3) is 0 Å². The summed E-state index contributed by atoms with van der Waals surface area (Å²) in [5.41, 5.74) is 1.40. The molecule has 0 atom stereocenters. The van der Waals surface area contributed by atoms with Gasteiger partial charge in [-0.25, -0.2) is 0 Å². The zero-order chi connectivity index (χ0) is 9.68. The van der Waals surface area contributed by atoms with Gasteiger partial charge in [0.15, 0.2) is 0 Å². The van der Waals surface area contributed by atoms with Crippen LogP contribution in [-0.2, 0) is 0 Å². The maximum absolute atomic E-state index is 3.61. The van der Waals surface area contributed by atoms with Crippen molar-refractivity contribution in [3.05, 3.63) is 11.8 Å². The molecule has 76 valence electrons. The normalized spacial score (nSPS) is 21.9. The molecule has 1 N–H and O–H groups in total. The topological polar surface area (TPSA) is 15.3 Å². The van der Waals surface area contributed by atoms with Gasteiger partial charge in [0.2, 0.25) is 0 Å². The summed E-state index contributed by atoms with van der Waals surface area (Å²) in [7, 11) is 2.20. The third-order valence-electron chi connectivity index (χ3n) is 2.84. The highest BCUT2D eigenvalue weighted by Gasteiger charge is 2.15. The van der Waals surface area contributed by atoms with E-state index in [2.05, 4.69) is 37.2 Å². The number of hydrogen-bond donors (Lipinski definition) is 1. The third kappa shape index (κ3) is 3.39. The van der Waals surface area contributed by atoms with Crippen LogP contribution in [0.2, 0.25) is 0 Å². The lowest BCUT2D eigenvalue weighted by atomic mass is 10.1. The molecule has 0 radical (unpaired) electrons. The molecule has 0 amide bonds. The predicted molar refractivity (Wildman–Crippen MR) is 57.7 cm³/mol.